The highest BCUT2D eigenvalue weighted by Crippen LogP contribution is 2.29. The number of nitrogens with one attached hydrogen (secondary N) is 2. The van der Waals surface area contributed by atoms with Crippen molar-refractivity contribution in [1.29, 1.82) is 0 Å². The van der Waals surface area contributed by atoms with Crippen molar-refractivity contribution < 1.29 is 9.59 Å². The van der Waals surface area contributed by atoms with Crippen LogP contribution in [0.5, 0.6) is 0 Å². The molecule has 0 aromatic heterocycles. The summed E-state index contributed by atoms with van der Waals surface area (Å²) in [5.41, 5.74) is -0.117. The maximum absolute atomic E-state index is 11.6. The third-order valence-corrected chi connectivity index (χ3v) is 2.55. The average Bonchev–Trinajstić information content (AvgIpc) is 2.15. The van der Waals surface area contributed by atoms with Gasteiger partial charge in [0, 0.05) is 26.4 Å². The van der Waals surface area contributed by atoms with E-state index in [2.05, 4.69) is 10.6 Å². The number of carbonyl (C=O) groups is 2. The van der Waals surface area contributed by atoms with Gasteiger partial charge in [0.15, 0.2) is 0 Å². The van der Waals surface area contributed by atoms with Crippen molar-refractivity contribution in [2.45, 2.75) is 33.6 Å². The highest BCUT2D eigenvalue weighted by Gasteiger charge is 2.30. The predicted molar refractivity (Wildman–Crippen MR) is 60.3 cm³/mol. The Hall–Kier alpha value is -1.06. The minimum Gasteiger partial charge on any atom is -0.359 e. The summed E-state index contributed by atoms with van der Waals surface area (Å²) in [6, 6.07) is 0. The normalized spacial score (nSPS) is 13.1. The number of carbonyl (C=O) groups excluding carboxylic acids is 2. The highest BCUT2D eigenvalue weighted by molar-refractivity contribution is 5.80. The largest absolute Gasteiger partial charge is 0.359 e. The summed E-state index contributed by atoms with van der Waals surface area (Å²) < 4.78 is 0. The Balaban J connectivity index is 4.40. The highest BCUT2D eigenvalue weighted by atomic mass is 16.2. The molecule has 0 aromatic rings. The predicted octanol–water partition coefficient (Wildman–Crippen LogP) is 0.921. The number of hydrogen-bond donors (Lipinski definition) is 2. The molecule has 0 fully saturated rings. The zero-order valence-corrected chi connectivity index (χ0v) is 10.3. The third-order valence-electron chi connectivity index (χ3n) is 2.55. The van der Waals surface area contributed by atoms with Gasteiger partial charge >= 0.3 is 0 Å². The van der Waals surface area contributed by atoms with E-state index in [9.17, 15) is 9.59 Å². The van der Waals surface area contributed by atoms with Crippen LogP contribution < -0.4 is 10.6 Å². The van der Waals surface area contributed by atoms with Gasteiger partial charge in [-0.2, -0.15) is 0 Å². The van der Waals surface area contributed by atoms with Crippen molar-refractivity contribution in [2.75, 3.05) is 14.1 Å². The van der Waals surface area contributed by atoms with Crippen LogP contribution >= 0.6 is 0 Å². The van der Waals surface area contributed by atoms with E-state index < -0.39 is 0 Å². The van der Waals surface area contributed by atoms with E-state index in [1.807, 2.05) is 20.8 Å². The molecule has 15 heavy (non-hydrogen) atoms. The zero-order valence-electron chi connectivity index (χ0n) is 10.3. The third kappa shape index (κ3) is 4.81. The Bertz CT molecular complexity index is 231. The molecular formula is C11H22N2O2. The van der Waals surface area contributed by atoms with Gasteiger partial charge in [0.05, 0.1) is 0 Å². The molecule has 0 bridgehead atoms. The number of amides is 2. The van der Waals surface area contributed by atoms with Crippen molar-refractivity contribution in [1.82, 2.24) is 10.6 Å². The molecule has 1 atom stereocenters. The standard InChI is InChI=1S/C11H22N2O2/c1-11(2,3)8(10(15)13-5)6-7-9(14)12-4/h8H,6-7H2,1-5H3,(H,12,14)(H,13,15). The Morgan fingerprint density at radius 3 is 2.00 bits per heavy atom. The summed E-state index contributed by atoms with van der Waals surface area (Å²) >= 11 is 0. The van der Waals surface area contributed by atoms with Crippen molar-refractivity contribution >= 4 is 11.8 Å². The van der Waals surface area contributed by atoms with Gasteiger partial charge in [-0.1, -0.05) is 20.8 Å². The molecule has 0 aliphatic rings. The molecule has 0 heterocycles. The fourth-order valence-corrected chi connectivity index (χ4v) is 1.53. The lowest BCUT2D eigenvalue weighted by Crippen LogP contribution is -2.37. The van der Waals surface area contributed by atoms with Crippen LogP contribution in [0.15, 0.2) is 0 Å². The van der Waals surface area contributed by atoms with Crippen LogP contribution in [0.2, 0.25) is 0 Å². The summed E-state index contributed by atoms with van der Waals surface area (Å²) in [7, 11) is 3.23. The molecule has 1 unspecified atom stereocenters. The van der Waals surface area contributed by atoms with Gasteiger partial charge in [-0.25, -0.2) is 0 Å². The maximum Gasteiger partial charge on any atom is 0.223 e. The molecule has 0 rings (SSSR count). The Labute approximate surface area is 91.8 Å². The summed E-state index contributed by atoms with van der Waals surface area (Å²) in [6.07, 6.45) is 0.981. The van der Waals surface area contributed by atoms with Crippen LogP contribution in [-0.2, 0) is 9.59 Å². The lowest BCUT2D eigenvalue weighted by molar-refractivity contribution is -0.128. The maximum atomic E-state index is 11.6. The van der Waals surface area contributed by atoms with E-state index in [1.54, 1.807) is 14.1 Å². The summed E-state index contributed by atoms with van der Waals surface area (Å²) in [5.74, 6) is -0.139. The molecule has 0 radical (unpaired) electrons. The first kappa shape index (κ1) is 13.9. The monoisotopic (exact) mass is 214 g/mol. The minimum absolute atomic E-state index is 0.00593. The molecular weight excluding hydrogens is 192 g/mol. The quantitative estimate of drug-likeness (QED) is 0.731. The molecule has 0 saturated heterocycles. The Kier molecular flexibility index (Phi) is 5.33. The van der Waals surface area contributed by atoms with Crippen LogP contribution in [0.1, 0.15) is 33.6 Å². The molecule has 0 aliphatic heterocycles. The second kappa shape index (κ2) is 5.73. The van der Waals surface area contributed by atoms with Gasteiger partial charge in [0.2, 0.25) is 11.8 Å². The summed E-state index contributed by atoms with van der Waals surface area (Å²) in [5, 5.41) is 5.20. The van der Waals surface area contributed by atoms with Crippen molar-refractivity contribution in [3.05, 3.63) is 0 Å². The summed E-state index contributed by atoms with van der Waals surface area (Å²) in [6.45, 7) is 6.03. The van der Waals surface area contributed by atoms with Crippen molar-refractivity contribution in [3.63, 3.8) is 0 Å². The van der Waals surface area contributed by atoms with E-state index >= 15 is 0 Å². The van der Waals surface area contributed by atoms with Gasteiger partial charge in [-0.3, -0.25) is 9.59 Å². The molecule has 88 valence electrons. The SMILES string of the molecule is CNC(=O)CCC(C(=O)NC)C(C)(C)C. The molecule has 4 heteroatoms. The number of hydrogen-bond acceptors (Lipinski definition) is 2. The van der Waals surface area contributed by atoms with E-state index in [0.29, 0.717) is 12.8 Å². The smallest absolute Gasteiger partial charge is 0.223 e. The molecule has 0 aliphatic carbocycles. The van der Waals surface area contributed by atoms with E-state index in [-0.39, 0.29) is 23.1 Å². The van der Waals surface area contributed by atoms with Crippen molar-refractivity contribution in [2.24, 2.45) is 11.3 Å². The first-order valence-corrected chi connectivity index (χ1v) is 5.25. The first-order chi connectivity index (χ1) is 6.82. The van der Waals surface area contributed by atoms with Gasteiger partial charge in [0.1, 0.15) is 0 Å². The molecule has 4 nitrogen and oxygen atoms in total. The van der Waals surface area contributed by atoms with E-state index in [1.165, 1.54) is 0 Å². The molecule has 0 spiro atoms. The fraction of sp³-hybridized carbons (Fsp3) is 0.818. The van der Waals surface area contributed by atoms with Crippen LogP contribution in [-0.4, -0.2) is 25.9 Å². The average molecular weight is 214 g/mol. The fourth-order valence-electron chi connectivity index (χ4n) is 1.53. The zero-order chi connectivity index (χ0) is 12.1. The van der Waals surface area contributed by atoms with Crippen LogP contribution in [0.4, 0.5) is 0 Å². The molecule has 2 N–H and O–H groups in total. The topological polar surface area (TPSA) is 58.2 Å². The second-order valence-electron chi connectivity index (χ2n) is 4.74. The second-order valence-corrected chi connectivity index (χ2v) is 4.74. The van der Waals surface area contributed by atoms with Gasteiger partial charge < -0.3 is 10.6 Å². The lowest BCUT2D eigenvalue weighted by Gasteiger charge is -2.28. The van der Waals surface area contributed by atoms with Crippen LogP contribution in [0.25, 0.3) is 0 Å². The van der Waals surface area contributed by atoms with Gasteiger partial charge in [-0.15, -0.1) is 0 Å². The Morgan fingerprint density at radius 2 is 1.67 bits per heavy atom. The number of rotatable bonds is 4. The molecule has 0 saturated carbocycles. The molecule has 0 aromatic carbocycles. The first-order valence-electron chi connectivity index (χ1n) is 5.25. The Morgan fingerprint density at radius 1 is 1.13 bits per heavy atom. The van der Waals surface area contributed by atoms with E-state index in [4.69, 9.17) is 0 Å². The molecule has 2 amide bonds. The lowest BCUT2D eigenvalue weighted by atomic mass is 9.77. The van der Waals surface area contributed by atoms with Crippen molar-refractivity contribution in [3.8, 4) is 0 Å². The van der Waals surface area contributed by atoms with E-state index in [0.717, 1.165) is 0 Å². The minimum atomic E-state index is -0.125. The van der Waals surface area contributed by atoms with Gasteiger partial charge in [-0.05, 0) is 11.8 Å². The van der Waals surface area contributed by atoms with Crippen LogP contribution in [0, 0.1) is 11.3 Å². The van der Waals surface area contributed by atoms with Crippen LogP contribution in [0.3, 0.4) is 0 Å². The summed E-state index contributed by atoms with van der Waals surface area (Å²) in [4.78, 5) is 22.7. The van der Waals surface area contributed by atoms with Gasteiger partial charge in [0.25, 0.3) is 0 Å².